The lowest BCUT2D eigenvalue weighted by atomic mass is 10.1. The molecule has 1 heterocycles. The van der Waals surface area contributed by atoms with Crippen LogP contribution in [0.5, 0.6) is 0 Å². The molecule has 0 amide bonds. The van der Waals surface area contributed by atoms with Crippen molar-refractivity contribution in [1.29, 1.82) is 0 Å². The zero-order valence-electron chi connectivity index (χ0n) is 11.0. The Balaban J connectivity index is 2.16. The fraction of sp³-hybridized carbons (Fsp3) is 0.0625. The lowest BCUT2D eigenvalue weighted by Crippen LogP contribution is -1.96. The maximum absolute atomic E-state index is 13.0. The van der Waals surface area contributed by atoms with E-state index in [0.717, 1.165) is 5.56 Å². The predicted octanol–water partition coefficient (Wildman–Crippen LogP) is 3.82. The third kappa shape index (κ3) is 2.55. The summed E-state index contributed by atoms with van der Waals surface area (Å²) >= 11 is 6.30. The van der Waals surface area contributed by atoms with Crippen molar-refractivity contribution < 1.29 is 9.50 Å². The van der Waals surface area contributed by atoms with Gasteiger partial charge in [0.25, 0.3) is 0 Å². The van der Waals surface area contributed by atoms with Crippen molar-refractivity contribution in [3.8, 4) is 16.9 Å². The molecule has 0 aliphatic carbocycles. The Bertz CT molecular complexity index is 754. The number of aliphatic hydroxyl groups excluding tert-OH is 1. The lowest BCUT2D eigenvalue weighted by molar-refractivity contribution is 0.282. The molecule has 0 spiro atoms. The summed E-state index contributed by atoms with van der Waals surface area (Å²) in [5.74, 6) is -0.326. The normalized spacial score (nSPS) is 10.8. The monoisotopic (exact) mass is 302 g/mol. The van der Waals surface area contributed by atoms with Crippen molar-refractivity contribution >= 4 is 11.6 Å². The van der Waals surface area contributed by atoms with Crippen molar-refractivity contribution in [3.05, 3.63) is 71.1 Å². The maximum Gasteiger partial charge on any atom is 0.139 e. The molecule has 0 unspecified atom stereocenters. The molecule has 1 aromatic heterocycles. The molecule has 2 aromatic carbocycles. The van der Waals surface area contributed by atoms with Crippen LogP contribution in [0.15, 0.2) is 54.6 Å². The van der Waals surface area contributed by atoms with E-state index >= 15 is 0 Å². The number of halogens is 2. The molecular formula is C16H12ClFN2O. The number of hydrogen-bond acceptors (Lipinski definition) is 2. The summed E-state index contributed by atoms with van der Waals surface area (Å²) in [6.07, 6.45) is 0. The zero-order chi connectivity index (χ0) is 14.8. The SMILES string of the molecule is OCc1c(-c2ccccc2)nn(-c2ccc(F)cc2)c1Cl. The smallest absolute Gasteiger partial charge is 0.139 e. The van der Waals surface area contributed by atoms with E-state index in [-0.39, 0.29) is 12.4 Å². The number of aromatic nitrogens is 2. The van der Waals surface area contributed by atoms with E-state index in [1.54, 1.807) is 12.1 Å². The summed E-state index contributed by atoms with van der Waals surface area (Å²) < 4.78 is 14.5. The van der Waals surface area contributed by atoms with E-state index in [9.17, 15) is 9.50 Å². The van der Waals surface area contributed by atoms with E-state index in [1.807, 2.05) is 30.3 Å². The molecule has 106 valence electrons. The Hall–Kier alpha value is -2.17. The van der Waals surface area contributed by atoms with Gasteiger partial charge in [0.15, 0.2) is 0 Å². The van der Waals surface area contributed by atoms with Crippen LogP contribution in [-0.2, 0) is 6.61 Å². The first-order chi connectivity index (χ1) is 10.2. The Morgan fingerprint density at radius 2 is 1.71 bits per heavy atom. The first-order valence-electron chi connectivity index (χ1n) is 6.40. The Morgan fingerprint density at radius 3 is 2.33 bits per heavy atom. The third-order valence-corrected chi connectivity index (χ3v) is 3.59. The average molecular weight is 303 g/mol. The number of hydrogen-bond donors (Lipinski definition) is 1. The van der Waals surface area contributed by atoms with Gasteiger partial charge in [0.05, 0.1) is 18.0 Å². The van der Waals surface area contributed by atoms with E-state index in [0.29, 0.717) is 22.1 Å². The third-order valence-electron chi connectivity index (χ3n) is 3.20. The number of rotatable bonds is 3. The van der Waals surface area contributed by atoms with Gasteiger partial charge in [-0.15, -0.1) is 0 Å². The van der Waals surface area contributed by atoms with Crippen LogP contribution >= 0.6 is 11.6 Å². The van der Waals surface area contributed by atoms with Crippen LogP contribution in [0.1, 0.15) is 5.56 Å². The molecular weight excluding hydrogens is 291 g/mol. The number of aliphatic hydroxyl groups is 1. The van der Waals surface area contributed by atoms with Crippen LogP contribution in [0, 0.1) is 5.82 Å². The molecule has 5 heteroatoms. The van der Waals surface area contributed by atoms with Gasteiger partial charge >= 0.3 is 0 Å². The zero-order valence-corrected chi connectivity index (χ0v) is 11.8. The molecule has 0 aliphatic heterocycles. The molecule has 0 saturated heterocycles. The number of nitrogens with zero attached hydrogens (tertiary/aromatic N) is 2. The van der Waals surface area contributed by atoms with E-state index in [4.69, 9.17) is 11.6 Å². The Labute approximate surface area is 126 Å². The predicted molar refractivity (Wildman–Crippen MR) is 79.9 cm³/mol. The molecule has 3 aromatic rings. The van der Waals surface area contributed by atoms with Crippen LogP contribution in [-0.4, -0.2) is 14.9 Å². The summed E-state index contributed by atoms with van der Waals surface area (Å²) in [5, 5.41) is 14.3. The van der Waals surface area contributed by atoms with Gasteiger partial charge in [0.2, 0.25) is 0 Å². The highest BCUT2D eigenvalue weighted by Crippen LogP contribution is 2.30. The fourth-order valence-corrected chi connectivity index (χ4v) is 2.44. The van der Waals surface area contributed by atoms with Gasteiger partial charge in [-0.3, -0.25) is 0 Å². The molecule has 3 nitrogen and oxygen atoms in total. The van der Waals surface area contributed by atoms with Gasteiger partial charge in [-0.25, -0.2) is 9.07 Å². The lowest BCUT2D eigenvalue weighted by Gasteiger charge is -2.02. The second-order valence-corrected chi connectivity index (χ2v) is 4.89. The minimum atomic E-state index is -0.326. The van der Waals surface area contributed by atoms with Gasteiger partial charge in [0, 0.05) is 11.1 Å². The highest BCUT2D eigenvalue weighted by atomic mass is 35.5. The number of benzene rings is 2. The molecule has 0 fully saturated rings. The van der Waals surface area contributed by atoms with Gasteiger partial charge < -0.3 is 5.11 Å². The Kier molecular flexibility index (Phi) is 3.73. The van der Waals surface area contributed by atoms with Gasteiger partial charge in [-0.05, 0) is 24.3 Å². The van der Waals surface area contributed by atoms with Gasteiger partial charge in [-0.2, -0.15) is 5.10 Å². The Morgan fingerprint density at radius 1 is 1.05 bits per heavy atom. The first-order valence-corrected chi connectivity index (χ1v) is 6.78. The summed E-state index contributed by atoms with van der Waals surface area (Å²) in [4.78, 5) is 0. The molecule has 0 radical (unpaired) electrons. The average Bonchev–Trinajstić information content (AvgIpc) is 2.86. The van der Waals surface area contributed by atoms with E-state index in [1.165, 1.54) is 16.8 Å². The molecule has 3 rings (SSSR count). The summed E-state index contributed by atoms with van der Waals surface area (Å²) in [6, 6.07) is 15.3. The van der Waals surface area contributed by atoms with Crippen LogP contribution < -0.4 is 0 Å². The first kappa shape index (κ1) is 13.8. The minimum Gasteiger partial charge on any atom is -0.391 e. The highest BCUT2D eigenvalue weighted by molar-refractivity contribution is 6.31. The van der Waals surface area contributed by atoms with E-state index < -0.39 is 0 Å². The molecule has 0 aliphatic rings. The largest absolute Gasteiger partial charge is 0.391 e. The second-order valence-electron chi connectivity index (χ2n) is 4.53. The van der Waals surface area contributed by atoms with Crippen LogP contribution in [0.3, 0.4) is 0 Å². The molecule has 0 bridgehead atoms. The van der Waals surface area contributed by atoms with Crippen molar-refractivity contribution in [1.82, 2.24) is 9.78 Å². The quantitative estimate of drug-likeness (QED) is 0.798. The van der Waals surface area contributed by atoms with Crippen molar-refractivity contribution in [2.75, 3.05) is 0 Å². The molecule has 1 N–H and O–H groups in total. The standard InChI is InChI=1S/C16H12ClFN2O/c17-16-14(10-21)15(11-4-2-1-3-5-11)19-20(16)13-8-6-12(18)7-9-13/h1-9,21H,10H2. The van der Waals surface area contributed by atoms with Crippen molar-refractivity contribution in [2.45, 2.75) is 6.61 Å². The van der Waals surface area contributed by atoms with Crippen LogP contribution in [0.25, 0.3) is 16.9 Å². The van der Waals surface area contributed by atoms with Crippen molar-refractivity contribution in [3.63, 3.8) is 0 Å². The second kappa shape index (κ2) is 5.68. The van der Waals surface area contributed by atoms with Crippen molar-refractivity contribution in [2.24, 2.45) is 0 Å². The topological polar surface area (TPSA) is 38.1 Å². The molecule has 21 heavy (non-hydrogen) atoms. The van der Waals surface area contributed by atoms with Crippen LogP contribution in [0.4, 0.5) is 4.39 Å². The fourth-order valence-electron chi connectivity index (χ4n) is 2.15. The highest BCUT2D eigenvalue weighted by Gasteiger charge is 2.17. The molecule has 0 atom stereocenters. The van der Waals surface area contributed by atoms with Gasteiger partial charge in [-0.1, -0.05) is 41.9 Å². The summed E-state index contributed by atoms with van der Waals surface area (Å²) in [5.41, 5.74) is 2.67. The maximum atomic E-state index is 13.0. The minimum absolute atomic E-state index is 0.218. The molecule has 0 saturated carbocycles. The van der Waals surface area contributed by atoms with Crippen LogP contribution in [0.2, 0.25) is 5.15 Å². The van der Waals surface area contributed by atoms with Gasteiger partial charge in [0.1, 0.15) is 11.0 Å². The summed E-state index contributed by atoms with van der Waals surface area (Å²) in [6.45, 7) is -0.218. The summed E-state index contributed by atoms with van der Waals surface area (Å²) in [7, 11) is 0. The van der Waals surface area contributed by atoms with E-state index in [2.05, 4.69) is 5.10 Å².